The second-order valence-electron chi connectivity index (χ2n) is 19.8. The number of nitrogens with one attached hydrogen (secondary N) is 1. The van der Waals surface area contributed by atoms with Crippen molar-refractivity contribution in [2.75, 3.05) is 30.3 Å². The summed E-state index contributed by atoms with van der Waals surface area (Å²) in [6.07, 6.45) is 13.8. The van der Waals surface area contributed by atoms with Crippen LogP contribution >= 0.6 is 0 Å². The van der Waals surface area contributed by atoms with Crippen LogP contribution in [0.1, 0.15) is 96.8 Å². The van der Waals surface area contributed by atoms with Crippen molar-refractivity contribution in [1.82, 2.24) is 5.32 Å². The Morgan fingerprint density at radius 1 is 0.870 bits per heavy atom. The number of nitrogens with zero attached hydrogens (tertiary/aromatic N) is 2. The predicted molar refractivity (Wildman–Crippen MR) is 286 cm³/mol. The van der Waals surface area contributed by atoms with Gasteiger partial charge in [0.25, 0.3) is 0 Å². The molecule has 390 valence electrons. The molecule has 20 heteroatoms. The van der Waals surface area contributed by atoms with Crippen LogP contribution < -0.4 is 147 Å². The maximum atomic E-state index is 12.1. The molecule has 0 saturated heterocycles. The van der Waals surface area contributed by atoms with Gasteiger partial charge < -0.3 is 24.1 Å². The molecule has 5 aromatic carbocycles. The molecule has 77 heavy (non-hydrogen) atoms. The summed E-state index contributed by atoms with van der Waals surface area (Å²) in [6, 6.07) is 29.8. The molecule has 0 fully saturated rings. The topological polar surface area (TPSA) is 210 Å². The molecule has 1 N–H and O–H groups in total. The van der Waals surface area contributed by atoms with Crippen LogP contribution in [0.4, 0.5) is 11.4 Å². The van der Waals surface area contributed by atoms with Crippen molar-refractivity contribution in [3.63, 3.8) is 0 Å². The molecule has 1 aliphatic carbocycles. The molecular weight excluding hydrogens is 1100 g/mol. The van der Waals surface area contributed by atoms with E-state index in [0.717, 1.165) is 82.4 Å². The molecule has 0 spiro atoms. The molecule has 2 heterocycles. The number of fused-ring (bicyclic) bond motifs is 6. The summed E-state index contributed by atoms with van der Waals surface area (Å²) in [5, 5.41) is 6.63. The maximum absolute atomic E-state index is 12.1. The Bertz CT molecular complexity index is 3570. The summed E-state index contributed by atoms with van der Waals surface area (Å²) in [5.41, 5.74) is 8.79. The third-order valence-corrected chi connectivity index (χ3v) is 15.5. The van der Waals surface area contributed by atoms with Crippen LogP contribution in [0.25, 0.3) is 21.5 Å². The maximum Gasteiger partial charge on any atom is 1.00 e. The quantitative estimate of drug-likeness (QED) is 0.0450. The minimum absolute atomic E-state index is 0. The van der Waals surface area contributed by atoms with E-state index in [2.05, 4.69) is 99.7 Å². The molecule has 8 rings (SSSR count). The van der Waals surface area contributed by atoms with Crippen LogP contribution in [0.5, 0.6) is 5.75 Å². The van der Waals surface area contributed by atoms with E-state index < -0.39 is 42.0 Å². The summed E-state index contributed by atoms with van der Waals surface area (Å²) >= 11 is 0. The molecular formula is C57H61K2N3NaO11S3+. The Labute approximate surface area is 562 Å². The first-order chi connectivity index (χ1) is 34.9. The molecule has 0 radical (unpaired) electrons. The van der Waals surface area contributed by atoms with Crippen molar-refractivity contribution < 1.29 is 185 Å². The molecule has 0 atom stereocenters. The zero-order chi connectivity index (χ0) is 53.8. The SMILES string of the molecule is C=C(C)C(=O)NCCc1ccc(OC2=C(/C=C/C3=[N+](CCCC)c4ccc5c[c-]ccc5c4C3(C)C)CCC/C2=C\C=C2\N(CCCS(=O)(=O)[O-])c3ccc4cc(S(=O)(=O)[O-])ccc4c3C2(C)C)cc1.O=S(=O)=O.[K+].[K+].[Na+]. The number of rotatable bonds is 17. The second-order valence-corrected chi connectivity index (χ2v) is 23.1. The Kier molecular flexibility index (Phi) is 25.0. The van der Waals surface area contributed by atoms with Gasteiger partial charge in [-0.3, -0.25) is 4.79 Å². The zero-order valence-corrected chi connectivity index (χ0v) is 56.2. The van der Waals surface area contributed by atoms with E-state index in [9.17, 15) is 30.7 Å². The zero-order valence-electron chi connectivity index (χ0n) is 45.5. The summed E-state index contributed by atoms with van der Waals surface area (Å²) < 4.78 is 106. The van der Waals surface area contributed by atoms with Gasteiger partial charge in [0.1, 0.15) is 28.2 Å². The van der Waals surface area contributed by atoms with Gasteiger partial charge in [-0.2, -0.15) is 28.8 Å². The van der Waals surface area contributed by atoms with E-state index in [1.807, 2.05) is 47.4 Å². The third kappa shape index (κ3) is 16.3. The van der Waals surface area contributed by atoms with E-state index in [4.69, 9.17) is 17.4 Å². The number of carbonyl (C=O) groups excluding carboxylic acids is 1. The first-order valence-electron chi connectivity index (χ1n) is 24.5. The smallest absolute Gasteiger partial charge is 0.748 e. The van der Waals surface area contributed by atoms with Gasteiger partial charge in [-0.15, -0.1) is 29.5 Å². The number of anilines is 1. The van der Waals surface area contributed by atoms with Gasteiger partial charge in [-0.25, -0.2) is 16.8 Å². The monoisotopic (exact) mass is 1160 g/mol. The number of hydrogen-bond donors (Lipinski definition) is 1. The Morgan fingerprint density at radius 3 is 2.19 bits per heavy atom. The van der Waals surface area contributed by atoms with Gasteiger partial charge in [0.05, 0.1) is 20.4 Å². The van der Waals surface area contributed by atoms with Crippen LogP contribution in [0.3, 0.4) is 0 Å². The second kappa shape index (κ2) is 28.7. The minimum atomic E-state index is -4.70. The van der Waals surface area contributed by atoms with Crippen molar-refractivity contribution in [2.24, 2.45) is 0 Å². The fraction of sp³-hybridized carbons (Fsp3) is 0.333. The molecule has 14 nitrogen and oxygen atoms in total. The van der Waals surface area contributed by atoms with Crippen molar-refractivity contribution in [1.29, 1.82) is 0 Å². The van der Waals surface area contributed by atoms with Crippen LogP contribution in [0, 0.1) is 6.07 Å². The number of unbranched alkanes of at least 4 members (excludes halogenated alkanes) is 1. The number of carbonyl (C=O) groups is 1. The molecule has 2 aliphatic heterocycles. The van der Waals surface area contributed by atoms with Gasteiger partial charge in [0, 0.05) is 59.3 Å². The molecule has 0 bridgehead atoms. The Morgan fingerprint density at radius 2 is 1.55 bits per heavy atom. The number of ether oxygens (including phenoxy) is 1. The van der Waals surface area contributed by atoms with Crippen LogP contribution in [0.15, 0.2) is 149 Å². The summed E-state index contributed by atoms with van der Waals surface area (Å²) in [6.45, 7) is 17.9. The van der Waals surface area contributed by atoms with Crippen LogP contribution in [0.2, 0.25) is 0 Å². The minimum Gasteiger partial charge on any atom is -0.748 e. The third-order valence-electron chi connectivity index (χ3n) is 13.9. The number of allylic oxidation sites excluding steroid dienone is 7. The first-order valence-corrected chi connectivity index (χ1v) is 28.5. The van der Waals surface area contributed by atoms with Crippen LogP contribution in [-0.2, 0) is 52.9 Å². The summed E-state index contributed by atoms with van der Waals surface area (Å²) in [5.74, 6) is 0.692. The van der Waals surface area contributed by atoms with E-state index >= 15 is 0 Å². The fourth-order valence-corrected chi connectivity index (χ4v) is 11.4. The molecule has 3 aliphatic rings. The number of amides is 1. The van der Waals surface area contributed by atoms with E-state index in [1.54, 1.807) is 19.1 Å². The largest absolute Gasteiger partial charge is 1.00 e. The normalized spacial score (nSPS) is 16.5. The first kappa shape index (κ1) is 67.3. The van der Waals surface area contributed by atoms with Gasteiger partial charge >= 0.3 is 143 Å². The summed E-state index contributed by atoms with van der Waals surface area (Å²) in [7, 11) is -12.3. The van der Waals surface area contributed by atoms with Crippen molar-refractivity contribution in [3.05, 3.63) is 167 Å². The van der Waals surface area contributed by atoms with Gasteiger partial charge in [-0.1, -0.05) is 64.1 Å². The molecule has 5 aromatic rings. The van der Waals surface area contributed by atoms with Crippen molar-refractivity contribution in [3.8, 4) is 5.75 Å². The van der Waals surface area contributed by atoms with E-state index in [0.29, 0.717) is 36.1 Å². The van der Waals surface area contributed by atoms with Gasteiger partial charge in [-0.05, 0) is 134 Å². The van der Waals surface area contributed by atoms with Gasteiger partial charge in [0.15, 0.2) is 5.71 Å². The molecule has 0 unspecified atom stereocenters. The predicted octanol–water partition coefficient (Wildman–Crippen LogP) is 0.733. The Balaban J connectivity index is 0.00000177. The van der Waals surface area contributed by atoms with Crippen LogP contribution in [-0.4, -0.2) is 80.1 Å². The molecule has 0 saturated carbocycles. The Hall–Kier alpha value is -2.23. The van der Waals surface area contributed by atoms with Crippen molar-refractivity contribution in [2.45, 2.75) is 102 Å². The number of hydrogen-bond acceptors (Lipinski definition) is 12. The summed E-state index contributed by atoms with van der Waals surface area (Å²) in [4.78, 5) is 13.8. The average Bonchev–Trinajstić information content (AvgIpc) is 3.69. The molecule has 1 amide bonds. The van der Waals surface area contributed by atoms with Gasteiger partial charge in [0.2, 0.25) is 11.6 Å². The van der Waals surface area contributed by atoms with Crippen molar-refractivity contribution >= 4 is 75.4 Å². The van der Waals surface area contributed by atoms with E-state index in [1.165, 1.54) is 34.5 Å². The fourth-order valence-electron chi connectivity index (χ4n) is 10.4. The standard InChI is InChI=1S/C57H63N3O8S2.2K.Na.O3S/c1-8-9-34-59-48-28-20-40-14-10-11-17-46(40)52(48)56(4,5)50(59)30-22-41-15-12-16-42(54(41)68-44-24-18-39(19-25-44)32-33-58-55(61)38(2)3)23-31-51-57(6,7)53-47-27-26-45(70(65,66)67)37-43(47)21-29-49(53)60(51)35-13-36-69(62,63)64;;;;1-4(2)3/h11,14,17-31,37H,2,8-9,12-13,15-16,32-36H2,1,3-7H3,(H,58,61)(H,62,63,64)(H,65,66,67);;;;/q;3*+1;/p-2. The number of benzene rings is 5. The van der Waals surface area contributed by atoms with E-state index in [-0.39, 0.29) is 162 Å². The molecule has 0 aromatic heterocycles. The average molecular weight is 1160 g/mol.